The molecule has 1 aromatic carbocycles. The number of aliphatic carboxylic acids is 1. The van der Waals surface area contributed by atoms with Gasteiger partial charge in [0.15, 0.2) is 0 Å². The third kappa shape index (κ3) is 1.91. The SMILES string of the molecule is CCC(C(=O)O)c1ccccc1C#N. The molecule has 0 fully saturated rings. The summed E-state index contributed by atoms with van der Waals surface area (Å²) in [5, 5.41) is 17.7. The van der Waals surface area contributed by atoms with E-state index in [-0.39, 0.29) is 0 Å². The monoisotopic (exact) mass is 189 g/mol. The first kappa shape index (κ1) is 10.3. The van der Waals surface area contributed by atoms with Crippen LogP contribution in [0.5, 0.6) is 0 Å². The first-order chi connectivity index (χ1) is 6.70. The van der Waals surface area contributed by atoms with Crippen molar-refractivity contribution in [3.05, 3.63) is 35.4 Å². The van der Waals surface area contributed by atoms with Crippen molar-refractivity contribution < 1.29 is 9.90 Å². The van der Waals surface area contributed by atoms with Crippen LogP contribution < -0.4 is 0 Å². The summed E-state index contributed by atoms with van der Waals surface area (Å²) in [6, 6.07) is 8.82. The summed E-state index contributed by atoms with van der Waals surface area (Å²) in [6.07, 6.45) is 0.494. The van der Waals surface area contributed by atoms with Crippen molar-refractivity contribution in [2.75, 3.05) is 0 Å². The molecule has 1 atom stereocenters. The lowest BCUT2D eigenvalue weighted by Gasteiger charge is -2.10. The van der Waals surface area contributed by atoms with Gasteiger partial charge in [0, 0.05) is 0 Å². The van der Waals surface area contributed by atoms with Crippen LogP contribution in [0, 0.1) is 11.3 Å². The minimum Gasteiger partial charge on any atom is -0.481 e. The number of carboxylic acids is 1. The van der Waals surface area contributed by atoms with Crippen LogP contribution in [0.1, 0.15) is 30.4 Å². The van der Waals surface area contributed by atoms with E-state index >= 15 is 0 Å². The highest BCUT2D eigenvalue weighted by Gasteiger charge is 2.19. The molecule has 0 aliphatic carbocycles. The molecule has 1 rings (SSSR count). The van der Waals surface area contributed by atoms with Crippen molar-refractivity contribution in [1.29, 1.82) is 5.26 Å². The zero-order chi connectivity index (χ0) is 10.6. The topological polar surface area (TPSA) is 61.1 Å². The van der Waals surface area contributed by atoms with Crippen molar-refractivity contribution >= 4 is 5.97 Å². The van der Waals surface area contributed by atoms with E-state index in [0.29, 0.717) is 17.5 Å². The van der Waals surface area contributed by atoms with Crippen molar-refractivity contribution in [1.82, 2.24) is 0 Å². The van der Waals surface area contributed by atoms with Gasteiger partial charge >= 0.3 is 5.97 Å². The highest BCUT2D eigenvalue weighted by Crippen LogP contribution is 2.22. The molecule has 0 aliphatic rings. The Kier molecular flexibility index (Phi) is 3.24. The fourth-order valence-corrected chi connectivity index (χ4v) is 1.43. The van der Waals surface area contributed by atoms with E-state index in [0.717, 1.165) is 0 Å². The Hall–Kier alpha value is -1.82. The summed E-state index contributed by atoms with van der Waals surface area (Å²) in [6.45, 7) is 1.80. The van der Waals surface area contributed by atoms with Gasteiger partial charge in [-0.2, -0.15) is 5.26 Å². The summed E-state index contributed by atoms with van der Waals surface area (Å²) in [7, 11) is 0. The van der Waals surface area contributed by atoms with Crippen LogP contribution in [-0.4, -0.2) is 11.1 Å². The Morgan fingerprint density at radius 2 is 2.21 bits per heavy atom. The molecule has 0 aromatic heterocycles. The van der Waals surface area contributed by atoms with E-state index in [4.69, 9.17) is 10.4 Å². The van der Waals surface area contributed by atoms with Crippen LogP contribution in [0.4, 0.5) is 0 Å². The molecule has 0 amide bonds. The van der Waals surface area contributed by atoms with Gasteiger partial charge in [0.1, 0.15) is 0 Å². The van der Waals surface area contributed by atoms with Gasteiger partial charge in [-0.25, -0.2) is 0 Å². The van der Waals surface area contributed by atoms with Crippen LogP contribution in [0.2, 0.25) is 0 Å². The first-order valence-corrected chi connectivity index (χ1v) is 4.42. The van der Waals surface area contributed by atoms with Gasteiger partial charge in [-0.1, -0.05) is 25.1 Å². The predicted molar refractivity (Wildman–Crippen MR) is 51.8 cm³/mol. The minimum absolute atomic E-state index is 0.446. The number of nitriles is 1. The molecule has 0 aliphatic heterocycles. The lowest BCUT2D eigenvalue weighted by atomic mass is 9.93. The smallest absolute Gasteiger partial charge is 0.311 e. The highest BCUT2D eigenvalue weighted by atomic mass is 16.4. The van der Waals surface area contributed by atoms with E-state index in [1.54, 1.807) is 31.2 Å². The molecule has 0 saturated carbocycles. The number of nitrogens with zero attached hydrogens (tertiary/aromatic N) is 1. The largest absolute Gasteiger partial charge is 0.481 e. The van der Waals surface area contributed by atoms with Crippen molar-refractivity contribution in [3.63, 3.8) is 0 Å². The van der Waals surface area contributed by atoms with E-state index in [2.05, 4.69) is 0 Å². The molecule has 3 nitrogen and oxygen atoms in total. The second kappa shape index (κ2) is 4.43. The Morgan fingerprint density at radius 1 is 1.57 bits per heavy atom. The third-order valence-corrected chi connectivity index (χ3v) is 2.16. The number of carbonyl (C=O) groups is 1. The maximum atomic E-state index is 10.9. The Morgan fingerprint density at radius 3 is 2.71 bits per heavy atom. The Labute approximate surface area is 82.6 Å². The van der Waals surface area contributed by atoms with E-state index in [1.807, 2.05) is 6.07 Å². The molecule has 0 bridgehead atoms. The second-order valence-electron chi connectivity index (χ2n) is 3.00. The molecule has 3 heteroatoms. The van der Waals surface area contributed by atoms with Crippen LogP contribution in [0.3, 0.4) is 0 Å². The van der Waals surface area contributed by atoms with Crippen LogP contribution in [-0.2, 0) is 4.79 Å². The first-order valence-electron chi connectivity index (χ1n) is 4.42. The molecular formula is C11H11NO2. The molecule has 0 heterocycles. The van der Waals surface area contributed by atoms with Gasteiger partial charge in [-0.05, 0) is 18.1 Å². The molecule has 0 spiro atoms. The predicted octanol–water partition coefficient (Wildman–Crippen LogP) is 2.14. The molecular weight excluding hydrogens is 178 g/mol. The normalized spacial score (nSPS) is 11.7. The fraction of sp³-hybridized carbons (Fsp3) is 0.273. The quantitative estimate of drug-likeness (QED) is 0.792. The zero-order valence-electron chi connectivity index (χ0n) is 7.90. The van der Waals surface area contributed by atoms with E-state index in [1.165, 1.54) is 0 Å². The molecule has 72 valence electrons. The average molecular weight is 189 g/mol. The van der Waals surface area contributed by atoms with Crippen molar-refractivity contribution in [3.8, 4) is 6.07 Å². The average Bonchev–Trinajstić information content (AvgIpc) is 2.19. The lowest BCUT2D eigenvalue weighted by molar-refractivity contribution is -0.138. The number of hydrogen-bond donors (Lipinski definition) is 1. The molecule has 1 aromatic rings. The highest BCUT2D eigenvalue weighted by molar-refractivity contribution is 5.77. The minimum atomic E-state index is -0.879. The maximum absolute atomic E-state index is 10.9. The van der Waals surface area contributed by atoms with E-state index < -0.39 is 11.9 Å². The summed E-state index contributed by atoms with van der Waals surface area (Å²) in [5.74, 6) is -1.46. The van der Waals surface area contributed by atoms with Gasteiger partial charge < -0.3 is 5.11 Å². The van der Waals surface area contributed by atoms with Gasteiger partial charge in [0.05, 0.1) is 17.6 Å². The van der Waals surface area contributed by atoms with Gasteiger partial charge in [-0.15, -0.1) is 0 Å². The number of carboxylic acid groups (broad SMARTS) is 1. The lowest BCUT2D eigenvalue weighted by Crippen LogP contribution is -2.11. The second-order valence-corrected chi connectivity index (χ2v) is 3.00. The Bertz CT molecular complexity index is 379. The standard InChI is InChI=1S/C11H11NO2/c1-2-9(11(13)14)10-6-4-3-5-8(10)7-12/h3-6,9H,2H2,1H3,(H,13,14). The van der Waals surface area contributed by atoms with E-state index in [9.17, 15) is 4.79 Å². The Balaban J connectivity index is 3.17. The number of benzene rings is 1. The number of rotatable bonds is 3. The van der Waals surface area contributed by atoms with Crippen molar-refractivity contribution in [2.45, 2.75) is 19.3 Å². The van der Waals surface area contributed by atoms with Gasteiger partial charge in [-0.3, -0.25) is 4.79 Å². The fourth-order valence-electron chi connectivity index (χ4n) is 1.43. The number of hydrogen-bond acceptors (Lipinski definition) is 2. The summed E-state index contributed by atoms with van der Waals surface area (Å²) in [5.41, 5.74) is 1.05. The zero-order valence-corrected chi connectivity index (χ0v) is 7.90. The third-order valence-electron chi connectivity index (χ3n) is 2.16. The molecule has 1 unspecified atom stereocenters. The maximum Gasteiger partial charge on any atom is 0.311 e. The van der Waals surface area contributed by atoms with Crippen LogP contribution >= 0.6 is 0 Å². The van der Waals surface area contributed by atoms with Gasteiger partial charge in [0.2, 0.25) is 0 Å². The molecule has 0 saturated heterocycles. The summed E-state index contributed by atoms with van der Waals surface area (Å²) in [4.78, 5) is 10.9. The molecule has 1 N–H and O–H groups in total. The summed E-state index contributed by atoms with van der Waals surface area (Å²) < 4.78 is 0. The molecule has 14 heavy (non-hydrogen) atoms. The van der Waals surface area contributed by atoms with Crippen LogP contribution in [0.15, 0.2) is 24.3 Å². The van der Waals surface area contributed by atoms with Crippen LogP contribution in [0.25, 0.3) is 0 Å². The molecule has 0 radical (unpaired) electrons. The van der Waals surface area contributed by atoms with Gasteiger partial charge in [0.25, 0.3) is 0 Å². The summed E-state index contributed by atoms with van der Waals surface area (Å²) >= 11 is 0. The van der Waals surface area contributed by atoms with Crippen molar-refractivity contribution in [2.24, 2.45) is 0 Å².